The molecule has 0 aliphatic rings. The molecule has 0 spiro atoms. The van der Waals surface area contributed by atoms with Gasteiger partial charge in [0.1, 0.15) is 0 Å². The molecule has 0 radical (unpaired) electrons. The minimum absolute atomic E-state index is 0.0626. The number of aliphatic hydroxyl groups is 2. The van der Waals surface area contributed by atoms with Gasteiger partial charge in [-0.25, -0.2) is 0 Å². The Morgan fingerprint density at radius 2 is 0.691 bits per heavy atom. The average Bonchev–Trinajstić information content (AvgIpc) is 3.19. The third-order valence-corrected chi connectivity index (χ3v) is 11.7. The molecule has 55 heavy (non-hydrogen) atoms. The summed E-state index contributed by atoms with van der Waals surface area (Å²) in [5.41, 5.74) is 0. The molecule has 0 saturated heterocycles. The van der Waals surface area contributed by atoms with E-state index in [1.807, 2.05) is 6.08 Å². The van der Waals surface area contributed by atoms with Gasteiger partial charge in [-0.3, -0.25) is 4.79 Å². The highest BCUT2D eigenvalue weighted by Gasteiger charge is 2.18. The molecule has 0 aromatic rings. The molecule has 0 rings (SSSR count). The van der Waals surface area contributed by atoms with Crippen molar-refractivity contribution in [3.8, 4) is 0 Å². The zero-order valence-corrected chi connectivity index (χ0v) is 37.5. The number of unbranched alkanes of at least 4 members (excludes halogenated alkanes) is 37. The van der Waals surface area contributed by atoms with Crippen molar-refractivity contribution < 1.29 is 15.0 Å². The van der Waals surface area contributed by atoms with Gasteiger partial charge in [0.15, 0.2) is 0 Å². The Bertz CT molecular complexity index is 795. The summed E-state index contributed by atoms with van der Waals surface area (Å²) in [6.07, 6.45) is 61.6. The molecule has 0 aromatic heterocycles. The molecule has 4 nitrogen and oxygen atoms in total. The fourth-order valence-corrected chi connectivity index (χ4v) is 7.82. The van der Waals surface area contributed by atoms with Crippen molar-refractivity contribution in [2.45, 2.75) is 289 Å². The van der Waals surface area contributed by atoms with Crippen LogP contribution in [-0.4, -0.2) is 34.9 Å². The second-order valence-corrected chi connectivity index (χ2v) is 17.2. The van der Waals surface area contributed by atoms with Crippen LogP contribution in [0.2, 0.25) is 0 Å². The Kier molecular flexibility index (Phi) is 46.3. The predicted molar refractivity (Wildman–Crippen MR) is 244 cm³/mol. The quantitative estimate of drug-likeness (QED) is 0.0426. The van der Waals surface area contributed by atoms with Crippen molar-refractivity contribution in [2.24, 2.45) is 0 Å². The topological polar surface area (TPSA) is 69.6 Å². The van der Waals surface area contributed by atoms with Crippen molar-refractivity contribution in [2.75, 3.05) is 6.61 Å². The molecule has 0 fully saturated rings. The van der Waals surface area contributed by atoms with Crippen molar-refractivity contribution in [1.82, 2.24) is 5.32 Å². The van der Waals surface area contributed by atoms with E-state index in [4.69, 9.17) is 0 Å². The number of allylic oxidation sites excluding steroid dienone is 3. The van der Waals surface area contributed by atoms with Crippen LogP contribution in [0.1, 0.15) is 277 Å². The number of carbonyl (C=O) groups is 1. The smallest absolute Gasteiger partial charge is 0.220 e. The van der Waals surface area contributed by atoms with Gasteiger partial charge in [-0.2, -0.15) is 0 Å². The Hall–Kier alpha value is -1.13. The molecule has 1 amide bonds. The number of aliphatic hydroxyl groups excluding tert-OH is 2. The van der Waals surface area contributed by atoms with E-state index < -0.39 is 12.1 Å². The van der Waals surface area contributed by atoms with E-state index in [1.54, 1.807) is 6.08 Å². The maximum atomic E-state index is 12.4. The van der Waals surface area contributed by atoms with E-state index >= 15 is 0 Å². The summed E-state index contributed by atoms with van der Waals surface area (Å²) in [6.45, 7) is 4.33. The van der Waals surface area contributed by atoms with Crippen molar-refractivity contribution in [3.63, 3.8) is 0 Å². The van der Waals surface area contributed by atoms with E-state index in [1.165, 1.54) is 231 Å². The number of carbonyl (C=O) groups excluding carboxylic acids is 1. The van der Waals surface area contributed by atoms with Gasteiger partial charge in [-0.05, 0) is 44.9 Å². The molecule has 4 heteroatoms. The lowest BCUT2D eigenvalue weighted by Crippen LogP contribution is -2.45. The molecule has 0 aliphatic carbocycles. The van der Waals surface area contributed by atoms with Crippen LogP contribution in [0.5, 0.6) is 0 Å². The van der Waals surface area contributed by atoms with Crippen molar-refractivity contribution in [3.05, 3.63) is 24.3 Å². The highest BCUT2D eigenvalue weighted by molar-refractivity contribution is 5.76. The highest BCUT2D eigenvalue weighted by atomic mass is 16.3. The summed E-state index contributed by atoms with van der Waals surface area (Å²) in [7, 11) is 0. The monoisotopic (exact) mass is 774 g/mol. The van der Waals surface area contributed by atoms with Gasteiger partial charge in [-0.1, -0.05) is 250 Å². The molecule has 2 atom stereocenters. The van der Waals surface area contributed by atoms with Gasteiger partial charge in [0, 0.05) is 6.42 Å². The Balaban J connectivity index is 3.51. The summed E-state index contributed by atoms with van der Waals surface area (Å²) in [5, 5.41) is 23.1. The fraction of sp³-hybridized carbons (Fsp3) is 0.902. The summed E-state index contributed by atoms with van der Waals surface area (Å²) < 4.78 is 0. The Labute approximate surface area is 345 Å². The summed E-state index contributed by atoms with van der Waals surface area (Å²) >= 11 is 0. The van der Waals surface area contributed by atoms with E-state index in [0.717, 1.165) is 25.7 Å². The van der Waals surface area contributed by atoms with Gasteiger partial charge in [0.2, 0.25) is 5.91 Å². The van der Waals surface area contributed by atoms with Gasteiger partial charge in [0.25, 0.3) is 0 Å². The van der Waals surface area contributed by atoms with Gasteiger partial charge in [-0.15, -0.1) is 0 Å². The van der Waals surface area contributed by atoms with Crippen LogP contribution < -0.4 is 5.32 Å². The highest BCUT2D eigenvalue weighted by Crippen LogP contribution is 2.16. The van der Waals surface area contributed by atoms with Crippen molar-refractivity contribution >= 4 is 5.91 Å². The zero-order chi connectivity index (χ0) is 40.0. The molecule has 2 unspecified atom stereocenters. The first-order valence-corrected chi connectivity index (χ1v) is 25.1. The van der Waals surface area contributed by atoms with Crippen LogP contribution in [0.25, 0.3) is 0 Å². The molecule has 3 N–H and O–H groups in total. The molecule has 0 heterocycles. The average molecular weight is 774 g/mol. The second kappa shape index (κ2) is 47.2. The van der Waals surface area contributed by atoms with Crippen LogP contribution in [0.3, 0.4) is 0 Å². The number of hydrogen-bond donors (Lipinski definition) is 3. The van der Waals surface area contributed by atoms with Crippen LogP contribution in [0, 0.1) is 0 Å². The maximum Gasteiger partial charge on any atom is 0.220 e. The third-order valence-electron chi connectivity index (χ3n) is 11.7. The normalized spacial score (nSPS) is 13.0. The van der Waals surface area contributed by atoms with E-state index in [2.05, 4.69) is 31.3 Å². The van der Waals surface area contributed by atoms with Crippen molar-refractivity contribution in [1.29, 1.82) is 0 Å². The first-order chi connectivity index (χ1) is 27.2. The fourth-order valence-electron chi connectivity index (χ4n) is 7.82. The SMILES string of the molecule is CCCCCCCCCC/C=C\CCCCCCCCCCCC(=O)NC(CO)C(O)/C=C/CCCCCCCCCCCCCCCCCCCCCC. The Morgan fingerprint density at radius 1 is 0.418 bits per heavy atom. The lowest BCUT2D eigenvalue weighted by Gasteiger charge is -2.20. The molecule has 0 aliphatic heterocycles. The number of rotatable bonds is 46. The lowest BCUT2D eigenvalue weighted by molar-refractivity contribution is -0.123. The summed E-state index contributed by atoms with van der Waals surface area (Å²) in [5.74, 6) is -0.0626. The first-order valence-electron chi connectivity index (χ1n) is 25.1. The van der Waals surface area contributed by atoms with Gasteiger partial charge >= 0.3 is 0 Å². The molecular weight excluding hydrogens is 675 g/mol. The van der Waals surface area contributed by atoms with Crippen LogP contribution in [0.15, 0.2) is 24.3 Å². The maximum absolute atomic E-state index is 12.4. The van der Waals surface area contributed by atoms with E-state index in [9.17, 15) is 15.0 Å². The molecule has 0 aromatic carbocycles. The molecule has 0 saturated carbocycles. The third kappa shape index (κ3) is 43.8. The second-order valence-electron chi connectivity index (χ2n) is 17.2. The zero-order valence-electron chi connectivity index (χ0n) is 37.5. The van der Waals surface area contributed by atoms with Crippen LogP contribution >= 0.6 is 0 Å². The minimum atomic E-state index is -0.838. The van der Waals surface area contributed by atoms with Gasteiger partial charge in [0.05, 0.1) is 18.8 Å². The molecular formula is C51H99NO3. The summed E-state index contributed by atoms with van der Waals surface area (Å²) in [6, 6.07) is -0.621. The van der Waals surface area contributed by atoms with E-state index in [0.29, 0.717) is 6.42 Å². The van der Waals surface area contributed by atoms with Gasteiger partial charge < -0.3 is 15.5 Å². The standard InChI is InChI=1S/C51H99NO3/c1-3-5-7-9-11-13-15-17-19-21-23-25-27-28-30-32-34-36-38-40-42-44-46-50(54)49(48-53)52-51(55)47-45-43-41-39-37-35-33-31-29-26-24-22-20-18-16-14-12-10-8-6-4-2/h22,24,44,46,49-50,53-54H,3-21,23,25-43,45,47-48H2,1-2H3,(H,52,55)/b24-22-,46-44+. The molecule has 326 valence electrons. The van der Waals surface area contributed by atoms with Crippen LogP contribution in [0.4, 0.5) is 0 Å². The largest absolute Gasteiger partial charge is 0.394 e. The number of amides is 1. The van der Waals surface area contributed by atoms with E-state index in [-0.39, 0.29) is 12.5 Å². The summed E-state index contributed by atoms with van der Waals surface area (Å²) in [4.78, 5) is 12.4. The minimum Gasteiger partial charge on any atom is -0.394 e. The van der Waals surface area contributed by atoms with Crippen LogP contribution in [-0.2, 0) is 4.79 Å². The number of nitrogens with one attached hydrogen (secondary N) is 1. The first kappa shape index (κ1) is 53.9. The number of hydrogen-bond acceptors (Lipinski definition) is 3. The Morgan fingerprint density at radius 3 is 1.00 bits per heavy atom. The predicted octanol–water partition coefficient (Wildman–Crippen LogP) is 16.0. The molecule has 0 bridgehead atoms. The lowest BCUT2D eigenvalue weighted by atomic mass is 10.0.